The lowest BCUT2D eigenvalue weighted by Gasteiger charge is -2.30. The molecule has 1 saturated carbocycles. The van der Waals surface area contributed by atoms with Gasteiger partial charge in [0.15, 0.2) is 12.6 Å². The van der Waals surface area contributed by atoms with E-state index in [2.05, 4.69) is 15.1 Å². The van der Waals surface area contributed by atoms with E-state index in [1.165, 1.54) is 19.5 Å². The second kappa shape index (κ2) is 6.06. The molecule has 3 rings (SSSR count). The van der Waals surface area contributed by atoms with E-state index in [-0.39, 0.29) is 19.0 Å². The van der Waals surface area contributed by atoms with Crippen LogP contribution in [0.2, 0.25) is 0 Å². The highest BCUT2D eigenvalue weighted by Crippen LogP contribution is 2.26. The average molecular weight is 293 g/mol. The summed E-state index contributed by atoms with van der Waals surface area (Å²) < 4.78 is 20.6. The number of rotatable bonds is 6. The third kappa shape index (κ3) is 3.29. The highest BCUT2D eigenvalue weighted by atomic mass is 16.7. The average Bonchev–Trinajstić information content (AvgIpc) is 2.93. The van der Waals surface area contributed by atoms with Crippen LogP contribution < -0.4 is 9.47 Å². The number of methoxy groups -OCH3 is 1. The molecule has 0 atom stereocenters. The Morgan fingerprint density at radius 2 is 2.14 bits per heavy atom. The molecule has 0 bridgehead atoms. The summed E-state index contributed by atoms with van der Waals surface area (Å²) in [4.78, 5) is 8.36. The molecule has 1 N–H and O–H groups in total. The van der Waals surface area contributed by atoms with Gasteiger partial charge in [-0.3, -0.25) is 0 Å². The van der Waals surface area contributed by atoms with Gasteiger partial charge < -0.3 is 23.8 Å². The Kier molecular flexibility index (Phi) is 3.98. The molecule has 0 aromatic carbocycles. The second-order valence-corrected chi connectivity index (χ2v) is 4.69. The molecule has 0 unspecified atom stereocenters. The predicted octanol–water partition coefficient (Wildman–Crippen LogP) is 1.02. The van der Waals surface area contributed by atoms with E-state index >= 15 is 0 Å². The van der Waals surface area contributed by atoms with Crippen molar-refractivity contribution in [1.29, 1.82) is 0 Å². The van der Waals surface area contributed by atoms with Crippen molar-refractivity contribution in [3.05, 3.63) is 18.5 Å². The molecule has 1 aliphatic carbocycles. The smallest absolute Gasteiger partial charge is 0.256 e. The molecule has 2 aromatic heterocycles. The van der Waals surface area contributed by atoms with Crippen molar-refractivity contribution in [3.63, 3.8) is 0 Å². The number of hydrogen-bond donors (Lipinski definition) is 1. The first-order chi connectivity index (χ1) is 10.2. The molecule has 0 amide bonds. The lowest BCUT2D eigenvalue weighted by atomic mass is 9.92. The molecule has 1 fully saturated rings. The Hall–Kier alpha value is -2.19. The van der Waals surface area contributed by atoms with E-state index in [9.17, 15) is 5.11 Å². The van der Waals surface area contributed by atoms with Gasteiger partial charge in [0.1, 0.15) is 11.8 Å². The summed E-state index contributed by atoms with van der Waals surface area (Å²) in [5.41, 5.74) is 0.524. The minimum atomic E-state index is -0.262. The predicted molar refractivity (Wildman–Crippen MR) is 69.7 cm³/mol. The number of aliphatic hydroxyl groups excluding tert-OH is 1. The fourth-order valence-corrected chi connectivity index (χ4v) is 1.88. The highest BCUT2D eigenvalue weighted by molar-refractivity contribution is 5.51. The van der Waals surface area contributed by atoms with Gasteiger partial charge in [0.2, 0.25) is 5.88 Å². The first kappa shape index (κ1) is 13.8. The van der Waals surface area contributed by atoms with Crippen molar-refractivity contribution in [3.8, 4) is 23.2 Å². The van der Waals surface area contributed by atoms with Crippen molar-refractivity contribution in [1.82, 2.24) is 15.1 Å². The number of hydrogen-bond acceptors (Lipinski definition) is 8. The lowest BCUT2D eigenvalue weighted by Crippen LogP contribution is -2.37. The van der Waals surface area contributed by atoms with Gasteiger partial charge in [-0.05, 0) is 5.16 Å². The zero-order valence-electron chi connectivity index (χ0n) is 11.4. The van der Waals surface area contributed by atoms with Crippen molar-refractivity contribution in [2.45, 2.75) is 25.0 Å². The SMILES string of the molecule is COCOc1cc(-c2cnc(OC3CC(O)C3)cn2)on1. The van der Waals surface area contributed by atoms with Crippen LogP contribution >= 0.6 is 0 Å². The fourth-order valence-electron chi connectivity index (χ4n) is 1.88. The van der Waals surface area contributed by atoms with Crippen LogP contribution in [0.5, 0.6) is 11.8 Å². The summed E-state index contributed by atoms with van der Waals surface area (Å²) in [6.07, 6.45) is 4.06. The first-order valence-corrected chi connectivity index (χ1v) is 6.50. The van der Waals surface area contributed by atoms with Crippen molar-refractivity contribution in [2.24, 2.45) is 0 Å². The van der Waals surface area contributed by atoms with E-state index in [1.54, 1.807) is 6.07 Å². The Labute approximate surface area is 120 Å². The summed E-state index contributed by atoms with van der Waals surface area (Å²) in [6.45, 7) is 0.0949. The minimum absolute atomic E-state index is 0.0134. The van der Waals surface area contributed by atoms with E-state index in [4.69, 9.17) is 18.7 Å². The number of ether oxygens (including phenoxy) is 3. The quantitative estimate of drug-likeness (QED) is 0.788. The van der Waals surface area contributed by atoms with Gasteiger partial charge in [-0.25, -0.2) is 9.97 Å². The third-order valence-electron chi connectivity index (χ3n) is 3.05. The number of aromatic nitrogens is 3. The molecule has 0 radical (unpaired) electrons. The van der Waals surface area contributed by atoms with Crippen LogP contribution in [0.15, 0.2) is 23.0 Å². The molecule has 8 heteroatoms. The monoisotopic (exact) mass is 293 g/mol. The van der Waals surface area contributed by atoms with E-state index in [1.807, 2.05) is 0 Å². The maximum Gasteiger partial charge on any atom is 0.256 e. The van der Waals surface area contributed by atoms with Gasteiger partial charge in [-0.2, -0.15) is 0 Å². The largest absolute Gasteiger partial charge is 0.473 e. The fraction of sp³-hybridized carbons (Fsp3) is 0.462. The Morgan fingerprint density at radius 3 is 2.81 bits per heavy atom. The van der Waals surface area contributed by atoms with E-state index in [0.29, 0.717) is 36.1 Å². The summed E-state index contributed by atoms with van der Waals surface area (Å²) in [5.74, 6) is 1.18. The van der Waals surface area contributed by atoms with Crippen LogP contribution in [0.25, 0.3) is 11.5 Å². The molecule has 21 heavy (non-hydrogen) atoms. The summed E-state index contributed by atoms with van der Waals surface area (Å²) in [5, 5.41) is 12.9. The Bertz CT molecular complexity index is 580. The van der Waals surface area contributed by atoms with Crippen LogP contribution in [0.1, 0.15) is 12.8 Å². The Balaban J connectivity index is 1.62. The van der Waals surface area contributed by atoms with Gasteiger partial charge in [0.05, 0.1) is 24.6 Å². The minimum Gasteiger partial charge on any atom is -0.473 e. The van der Waals surface area contributed by atoms with Gasteiger partial charge in [-0.15, -0.1) is 0 Å². The molecule has 2 heterocycles. The van der Waals surface area contributed by atoms with E-state index in [0.717, 1.165) is 0 Å². The van der Waals surface area contributed by atoms with Crippen LogP contribution in [-0.2, 0) is 4.74 Å². The topological polar surface area (TPSA) is 99.7 Å². The highest BCUT2D eigenvalue weighted by Gasteiger charge is 2.29. The summed E-state index contributed by atoms with van der Waals surface area (Å²) >= 11 is 0. The standard InChI is InChI=1S/C13H15N3O5/c1-18-7-19-12-4-11(21-16-12)10-5-15-13(6-14-10)20-9-2-8(17)3-9/h4-6,8-9,17H,2-3,7H2,1H3. The van der Waals surface area contributed by atoms with Gasteiger partial charge in [-0.1, -0.05) is 0 Å². The van der Waals surface area contributed by atoms with Crippen LogP contribution in [0.3, 0.4) is 0 Å². The maximum atomic E-state index is 9.20. The second-order valence-electron chi connectivity index (χ2n) is 4.69. The molecule has 0 saturated heterocycles. The zero-order chi connectivity index (χ0) is 14.7. The van der Waals surface area contributed by atoms with Crippen LogP contribution in [0.4, 0.5) is 0 Å². The van der Waals surface area contributed by atoms with Crippen molar-refractivity contribution < 1.29 is 23.8 Å². The summed E-state index contributed by atoms with van der Waals surface area (Å²) in [6, 6.07) is 1.60. The van der Waals surface area contributed by atoms with Crippen LogP contribution in [-0.4, -0.2) is 46.3 Å². The number of aliphatic hydroxyl groups is 1. The number of nitrogens with zero attached hydrogens (tertiary/aromatic N) is 3. The molecule has 0 aliphatic heterocycles. The van der Waals surface area contributed by atoms with Gasteiger partial charge in [0, 0.05) is 20.0 Å². The molecule has 2 aromatic rings. The molecule has 1 aliphatic rings. The third-order valence-corrected chi connectivity index (χ3v) is 3.05. The lowest BCUT2D eigenvalue weighted by molar-refractivity contribution is -0.0130. The van der Waals surface area contributed by atoms with Gasteiger partial charge in [0.25, 0.3) is 5.88 Å². The molecular weight excluding hydrogens is 278 g/mol. The normalized spacial score (nSPS) is 20.9. The molecule has 8 nitrogen and oxygen atoms in total. The van der Waals surface area contributed by atoms with Crippen LogP contribution in [0, 0.1) is 0 Å². The van der Waals surface area contributed by atoms with Crippen molar-refractivity contribution in [2.75, 3.05) is 13.9 Å². The maximum absolute atomic E-state index is 9.20. The molecule has 0 spiro atoms. The van der Waals surface area contributed by atoms with Crippen molar-refractivity contribution >= 4 is 0 Å². The molecule has 112 valence electrons. The Morgan fingerprint density at radius 1 is 1.29 bits per heavy atom. The summed E-state index contributed by atoms with van der Waals surface area (Å²) in [7, 11) is 1.52. The first-order valence-electron chi connectivity index (χ1n) is 6.50. The zero-order valence-corrected chi connectivity index (χ0v) is 11.4. The van der Waals surface area contributed by atoms with E-state index < -0.39 is 0 Å². The molecular formula is C13H15N3O5. The van der Waals surface area contributed by atoms with Gasteiger partial charge >= 0.3 is 0 Å².